The number of carbonyl (C=O) groups excluding carboxylic acids is 2. The van der Waals surface area contributed by atoms with E-state index in [9.17, 15) is 9.59 Å². The highest BCUT2D eigenvalue weighted by Gasteiger charge is 2.48. The van der Waals surface area contributed by atoms with E-state index >= 15 is 0 Å². The SMILES string of the molecule is CC(C)CCCCCCCN1C(=O)C2=C(c3ccc(Br)s3)N(C)C(=O)C2=C1c1ccc(Br)s1. The van der Waals surface area contributed by atoms with Crippen molar-refractivity contribution in [2.24, 2.45) is 5.92 Å². The first kappa shape index (κ1) is 24.9. The summed E-state index contributed by atoms with van der Waals surface area (Å²) in [5.74, 6) is 0.600. The van der Waals surface area contributed by atoms with Crippen LogP contribution in [0.1, 0.15) is 62.1 Å². The Morgan fingerprint density at radius 3 is 1.91 bits per heavy atom. The molecule has 2 amide bonds. The smallest absolute Gasteiger partial charge is 0.261 e. The van der Waals surface area contributed by atoms with Gasteiger partial charge in [0.15, 0.2) is 0 Å². The van der Waals surface area contributed by atoms with Crippen LogP contribution in [0, 0.1) is 5.92 Å². The van der Waals surface area contributed by atoms with Crippen LogP contribution in [0.2, 0.25) is 0 Å². The maximum atomic E-state index is 13.7. The molecule has 0 spiro atoms. The molecule has 0 bridgehead atoms. The van der Waals surface area contributed by atoms with Gasteiger partial charge < -0.3 is 9.80 Å². The third-order valence-electron chi connectivity index (χ3n) is 6.08. The van der Waals surface area contributed by atoms with Crippen molar-refractivity contribution >= 4 is 77.7 Å². The molecule has 0 atom stereocenters. The van der Waals surface area contributed by atoms with Gasteiger partial charge in [0.25, 0.3) is 11.8 Å². The van der Waals surface area contributed by atoms with E-state index in [1.165, 1.54) is 25.7 Å². The van der Waals surface area contributed by atoms with Crippen molar-refractivity contribution in [1.82, 2.24) is 9.80 Å². The van der Waals surface area contributed by atoms with Gasteiger partial charge in [-0.3, -0.25) is 9.59 Å². The number of amides is 2. The van der Waals surface area contributed by atoms with Gasteiger partial charge >= 0.3 is 0 Å². The van der Waals surface area contributed by atoms with E-state index in [2.05, 4.69) is 45.7 Å². The van der Waals surface area contributed by atoms with Crippen LogP contribution in [0.4, 0.5) is 0 Å². The standard InChI is InChI=1S/C25H28Br2N2O2S2/c1-15(2)9-7-5-4-6-8-14-29-23(17-11-13-19(27)33-17)21-20(25(29)31)22(28(3)24(21)30)16-10-12-18(26)32-16/h10-13,15H,4-9,14H2,1-3H3. The van der Waals surface area contributed by atoms with Crippen LogP contribution in [-0.4, -0.2) is 35.2 Å². The number of halogens is 2. The second kappa shape index (κ2) is 10.6. The molecule has 8 heteroatoms. The largest absolute Gasteiger partial charge is 0.309 e. The Balaban J connectivity index is 1.62. The molecule has 4 rings (SSSR count). The second-order valence-electron chi connectivity index (χ2n) is 8.93. The minimum absolute atomic E-state index is 0.0541. The van der Waals surface area contributed by atoms with Crippen LogP contribution in [-0.2, 0) is 9.59 Å². The fraction of sp³-hybridized carbons (Fsp3) is 0.440. The molecule has 176 valence electrons. The van der Waals surface area contributed by atoms with Gasteiger partial charge in [0, 0.05) is 13.6 Å². The number of carbonyl (C=O) groups is 2. The molecule has 33 heavy (non-hydrogen) atoms. The van der Waals surface area contributed by atoms with E-state index in [-0.39, 0.29) is 11.8 Å². The Bertz CT molecular complexity index is 1130. The molecule has 0 fully saturated rings. The normalized spacial score (nSPS) is 16.3. The van der Waals surface area contributed by atoms with Crippen molar-refractivity contribution < 1.29 is 9.59 Å². The number of likely N-dealkylation sites (N-methyl/N-ethyl adjacent to an activating group) is 1. The van der Waals surface area contributed by atoms with Gasteiger partial charge in [-0.1, -0.05) is 46.0 Å². The van der Waals surface area contributed by atoms with Crippen molar-refractivity contribution in [2.45, 2.75) is 52.4 Å². The molecule has 0 radical (unpaired) electrons. The van der Waals surface area contributed by atoms with Crippen LogP contribution in [0.25, 0.3) is 11.4 Å². The zero-order valence-corrected chi connectivity index (χ0v) is 23.9. The van der Waals surface area contributed by atoms with Gasteiger partial charge in [-0.2, -0.15) is 0 Å². The van der Waals surface area contributed by atoms with Crippen molar-refractivity contribution in [3.05, 3.63) is 52.7 Å². The molecule has 2 aromatic heterocycles. The third kappa shape index (κ3) is 5.09. The molecule has 2 aliphatic rings. The Morgan fingerprint density at radius 1 is 0.788 bits per heavy atom. The van der Waals surface area contributed by atoms with Gasteiger partial charge in [0.1, 0.15) is 0 Å². The molecule has 0 N–H and O–H groups in total. The van der Waals surface area contributed by atoms with Gasteiger partial charge in [0.2, 0.25) is 0 Å². The first-order valence-corrected chi connectivity index (χ1v) is 14.6. The van der Waals surface area contributed by atoms with E-state index in [0.29, 0.717) is 17.7 Å². The molecule has 0 aromatic carbocycles. The minimum atomic E-state index is -0.103. The summed E-state index contributed by atoms with van der Waals surface area (Å²) >= 11 is 10.2. The van der Waals surface area contributed by atoms with Crippen LogP contribution in [0.5, 0.6) is 0 Å². The predicted molar refractivity (Wildman–Crippen MR) is 145 cm³/mol. The first-order chi connectivity index (χ1) is 15.8. The maximum absolute atomic E-state index is 13.7. The molecule has 2 aliphatic heterocycles. The summed E-state index contributed by atoms with van der Waals surface area (Å²) in [5.41, 5.74) is 2.59. The molecule has 0 saturated carbocycles. The summed E-state index contributed by atoms with van der Waals surface area (Å²) in [6.07, 6.45) is 7.00. The quantitative estimate of drug-likeness (QED) is 0.258. The minimum Gasteiger partial charge on any atom is -0.309 e. The number of hydrogen-bond donors (Lipinski definition) is 0. The molecular weight excluding hydrogens is 584 g/mol. The Labute approximate surface area is 220 Å². The van der Waals surface area contributed by atoms with Gasteiger partial charge in [-0.05, 0) is 68.5 Å². The number of unbranched alkanes of at least 4 members (excludes halogenated alkanes) is 4. The average Bonchev–Trinajstić information content (AvgIpc) is 3.50. The first-order valence-electron chi connectivity index (χ1n) is 11.4. The molecular formula is C25H28Br2N2O2S2. The number of thiophene rings is 2. The zero-order chi connectivity index (χ0) is 23.7. The average molecular weight is 612 g/mol. The lowest BCUT2D eigenvalue weighted by atomic mass is 10.0. The molecule has 2 aromatic rings. The second-order valence-corrected chi connectivity index (χ2v) is 13.9. The van der Waals surface area contributed by atoms with Crippen LogP contribution >= 0.6 is 54.5 Å². The lowest BCUT2D eigenvalue weighted by molar-refractivity contribution is -0.123. The van der Waals surface area contributed by atoms with Crippen LogP contribution in [0.3, 0.4) is 0 Å². The predicted octanol–water partition coefficient (Wildman–Crippen LogP) is 7.77. The molecule has 0 unspecified atom stereocenters. The lowest BCUT2D eigenvalue weighted by Gasteiger charge is -2.22. The van der Waals surface area contributed by atoms with E-state index in [1.54, 1.807) is 34.6 Å². The highest BCUT2D eigenvalue weighted by molar-refractivity contribution is 9.11. The van der Waals surface area contributed by atoms with Crippen molar-refractivity contribution in [3.8, 4) is 0 Å². The number of hydrogen-bond acceptors (Lipinski definition) is 4. The summed E-state index contributed by atoms with van der Waals surface area (Å²) in [6, 6.07) is 7.91. The molecule has 4 nitrogen and oxygen atoms in total. The van der Waals surface area contributed by atoms with Crippen LogP contribution < -0.4 is 0 Å². The molecule has 0 aliphatic carbocycles. The lowest BCUT2D eigenvalue weighted by Crippen LogP contribution is -2.28. The van der Waals surface area contributed by atoms with E-state index < -0.39 is 0 Å². The van der Waals surface area contributed by atoms with Crippen LogP contribution in [0.15, 0.2) is 43.0 Å². The van der Waals surface area contributed by atoms with Crippen molar-refractivity contribution in [2.75, 3.05) is 13.6 Å². The Morgan fingerprint density at radius 2 is 1.33 bits per heavy atom. The summed E-state index contributed by atoms with van der Waals surface area (Å²) in [7, 11) is 1.76. The van der Waals surface area contributed by atoms with Gasteiger partial charge in [-0.15, -0.1) is 22.7 Å². The fourth-order valence-electron chi connectivity index (χ4n) is 4.46. The van der Waals surface area contributed by atoms with Gasteiger partial charge in [-0.25, -0.2) is 0 Å². The summed E-state index contributed by atoms with van der Waals surface area (Å²) in [5, 5.41) is 0. The summed E-state index contributed by atoms with van der Waals surface area (Å²) < 4.78 is 1.97. The Hall–Kier alpha value is -1.22. The highest BCUT2D eigenvalue weighted by Crippen LogP contribution is 2.48. The summed E-state index contributed by atoms with van der Waals surface area (Å²) in [6.45, 7) is 5.17. The van der Waals surface area contributed by atoms with Gasteiger partial charge in [0.05, 0.1) is 39.9 Å². The fourth-order valence-corrected chi connectivity index (χ4v) is 7.38. The van der Waals surface area contributed by atoms with E-state index in [0.717, 1.165) is 47.5 Å². The van der Waals surface area contributed by atoms with E-state index in [4.69, 9.17) is 0 Å². The van der Waals surface area contributed by atoms with Crippen molar-refractivity contribution in [3.63, 3.8) is 0 Å². The maximum Gasteiger partial charge on any atom is 0.261 e. The van der Waals surface area contributed by atoms with Crippen molar-refractivity contribution in [1.29, 1.82) is 0 Å². The Kier molecular flexibility index (Phi) is 7.98. The number of fused-ring (bicyclic) bond motifs is 1. The zero-order valence-electron chi connectivity index (χ0n) is 19.1. The highest BCUT2D eigenvalue weighted by atomic mass is 79.9. The third-order valence-corrected chi connectivity index (χ3v) is 9.34. The molecule has 0 saturated heterocycles. The summed E-state index contributed by atoms with van der Waals surface area (Å²) in [4.78, 5) is 32.5. The monoisotopic (exact) mass is 610 g/mol. The van der Waals surface area contributed by atoms with E-state index in [1.807, 2.05) is 29.2 Å². The topological polar surface area (TPSA) is 40.6 Å². The molecule has 4 heterocycles. The number of nitrogens with zero attached hydrogens (tertiary/aromatic N) is 2. The number of rotatable bonds is 10.